The Balaban J connectivity index is 1.83. The highest BCUT2D eigenvalue weighted by atomic mass is 32.2. The molecular formula is C19H23N3O4S. The lowest BCUT2D eigenvalue weighted by atomic mass is 10.1. The number of sulfonamides is 1. The number of anilines is 1. The molecule has 2 rings (SSSR count). The van der Waals surface area contributed by atoms with Gasteiger partial charge in [-0.15, -0.1) is 0 Å². The van der Waals surface area contributed by atoms with Gasteiger partial charge in [-0.25, -0.2) is 13.6 Å². The lowest BCUT2D eigenvalue weighted by molar-refractivity contribution is -0.127. The summed E-state index contributed by atoms with van der Waals surface area (Å²) in [7, 11) is -3.71. The number of benzene rings is 2. The Morgan fingerprint density at radius 2 is 1.67 bits per heavy atom. The molecule has 0 spiro atoms. The zero-order valence-electron chi connectivity index (χ0n) is 15.1. The van der Waals surface area contributed by atoms with Crippen LogP contribution in [-0.2, 0) is 26.0 Å². The van der Waals surface area contributed by atoms with Crippen molar-refractivity contribution in [1.29, 1.82) is 0 Å². The van der Waals surface area contributed by atoms with Crippen LogP contribution in [0, 0.1) is 0 Å². The van der Waals surface area contributed by atoms with Crippen LogP contribution in [0.1, 0.15) is 18.9 Å². The highest BCUT2D eigenvalue weighted by Crippen LogP contribution is 2.14. The van der Waals surface area contributed by atoms with Crippen LogP contribution in [0.5, 0.6) is 0 Å². The van der Waals surface area contributed by atoms with Gasteiger partial charge in [0.05, 0.1) is 4.90 Å². The van der Waals surface area contributed by atoms with Gasteiger partial charge < -0.3 is 10.2 Å². The van der Waals surface area contributed by atoms with Gasteiger partial charge in [-0.3, -0.25) is 9.59 Å². The van der Waals surface area contributed by atoms with E-state index in [9.17, 15) is 18.0 Å². The molecule has 2 aromatic rings. The molecule has 0 atom stereocenters. The van der Waals surface area contributed by atoms with Gasteiger partial charge in [0.2, 0.25) is 21.8 Å². The predicted octanol–water partition coefficient (Wildman–Crippen LogP) is 1.44. The van der Waals surface area contributed by atoms with Crippen LogP contribution in [0.3, 0.4) is 0 Å². The molecule has 3 N–H and O–H groups in total. The maximum atomic E-state index is 12.3. The molecule has 0 aliphatic rings. The topological polar surface area (TPSA) is 110 Å². The summed E-state index contributed by atoms with van der Waals surface area (Å²) < 4.78 is 22.4. The average molecular weight is 389 g/mol. The number of nitrogens with one attached hydrogen (secondary N) is 1. The molecule has 7 nitrogen and oxygen atoms in total. The summed E-state index contributed by atoms with van der Waals surface area (Å²) >= 11 is 0. The third-order valence-corrected chi connectivity index (χ3v) is 4.91. The minimum Gasteiger partial charge on any atom is -0.355 e. The van der Waals surface area contributed by atoms with Crippen LogP contribution in [0.15, 0.2) is 59.5 Å². The zero-order chi connectivity index (χ0) is 19.9. The molecule has 0 fully saturated rings. The van der Waals surface area contributed by atoms with Gasteiger partial charge in [0.1, 0.15) is 6.42 Å². The molecule has 8 heteroatoms. The van der Waals surface area contributed by atoms with Crippen molar-refractivity contribution in [1.82, 2.24) is 5.32 Å². The maximum Gasteiger partial charge on any atom is 0.238 e. The highest BCUT2D eigenvalue weighted by Gasteiger charge is 2.17. The van der Waals surface area contributed by atoms with Crippen molar-refractivity contribution >= 4 is 27.5 Å². The van der Waals surface area contributed by atoms with E-state index in [1.165, 1.54) is 12.1 Å². The van der Waals surface area contributed by atoms with E-state index in [1.54, 1.807) is 17.0 Å². The second-order valence-corrected chi connectivity index (χ2v) is 7.50. The molecule has 2 aromatic carbocycles. The highest BCUT2D eigenvalue weighted by molar-refractivity contribution is 7.89. The summed E-state index contributed by atoms with van der Waals surface area (Å²) in [6.45, 7) is 2.68. The summed E-state index contributed by atoms with van der Waals surface area (Å²) in [6, 6.07) is 15.3. The lowest BCUT2D eigenvalue weighted by Gasteiger charge is -2.20. The van der Waals surface area contributed by atoms with Crippen molar-refractivity contribution in [3.05, 3.63) is 60.2 Å². The number of nitrogens with two attached hydrogens (primary N) is 1. The fraction of sp³-hybridized carbons (Fsp3) is 0.263. The van der Waals surface area contributed by atoms with Gasteiger partial charge in [-0.1, -0.05) is 30.3 Å². The van der Waals surface area contributed by atoms with Gasteiger partial charge in [-0.2, -0.15) is 0 Å². The summed E-state index contributed by atoms with van der Waals surface area (Å²) in [6.07, 6.45) is 0.286. The van der Waals surface area contributed by atoms with Crippen LogP contribution in [0.4, 0.5) is 5.69 Å². The normalized spacial score (nSPS) is 11.0. The molecule has 0 saturated heterocycles. The van der Waals surface area contributed by atoms with E-state index in [-0.39, 0.29) is 23.1 Å². The fourth-order valence-electron chi connectivity index (χ4n) is 2.60. The first-order valence-electron chi connectivity index (χ1n) is 8.55. The number of hydrogen-bond donors (Lipinski definition) is 2. The van der Waals surface area contributed by atoms with Gasteiger partial charge >= 0.3 is 0 Å². The van der Waals surface area contributed by atoms with Crippen molar-refractivity contribution in [2.75, 3.05) is 18.0 Å². The number of nitrogens with zero attached hydrogens (tertiary/aromatic N) is 1. The van der Waals surface area contributed by atoms with Gasteiger partial charge in [0.25, 0.3) is 0 Å². The van der Waals surface area contributed by atoms with E-state index >= 15 is 0 Å². The molecule has 0 aliphatic heterocycles. The van der Waals surface area contributed by atoms with E-state index in [1.807, 2.05) is 37.3 Å². The van der Waals surface area contributed by atoms with Gasteiger partial charge in [0, 0.05) is 18.8 Å². The monoisotopic (exact) mass is 389 g/mol. The number of rotatable bonds is 8. The summed E-state index contributed by atoms with van der Waals surface area (Å²) in [5.74, 6) is -0.616. The maximum absolute atomic E-state index is 12.3. The zero-order valence-corrected chi connectivity index (χ0v) is 15.9. The number of carbonyl (C=O) groups is 2. The van der Waals surface area contributed by atoms with E-state index in [0.29, 0.717) is 19.5 Å². The third-order valence-electron chi connectivity index (χ3n) is 3.98. The number of para-hydroxylation sites is 1. The predicted molar refractivity (Wildman–Crippen MR) is 104 cm³/mol. The Labute approximate surface area is 159 Å². The fourth-order valence-corrected chi connectivity index (χ4v) is 3.11. The first-order chi connectivity index (χ1) is 12.8. The molecule has 0 aromatic heterocycles. The van der Waals surface area contributed by atoms with Crippen LogP contribution < -0.4 is 15.4 Å². The van der Waals surface area contributed by atoms with E-state index in [4.69, 9.17) is 5.14 Å². The summed E-state index contributed by atoms with van der Waals surface area (Å²) in [5.41, 5.74) is 1.61. The first kappa shape index (κ1) is 20.6. The smallest absolute Gasteiger partial charge is 0.238 e. The Morgan fingerprint density at radius 3 is 2.22 bits per heavy atom. The van der Waals surface area contributed by atoms with Crippen LogP contribution >= 0.6 is 0 Å². The molecule has 27 heavy (non-hydrogen) atoms. The van der Waals surface area contributed by atoms with Crippen LogP contribution in [0.2, 0.25) is 0 Å². The first-order valence-corrected chi connectivity index (χ1v) is 10.1. The van der Waals surface area contributed by atoms with Crippen LogP contribution in [-0.4, -0.2) is 33.3 Å². The van der Waals surface area contributed by atoms with Crippen molar-refractivity contribution in [2.24, 2.45) is 5.14 Å². The Morgan fingerprint density at radius 1 is 1.04 bits per heavy atom. The van der Waals surface area contributed by atoms with E-state index < -0.39 is 10.0 Å². The number of amides is 2. The van der Waals surface area contributed by atoms with Crippen molar-refractivity contribution in [3.63, 3.8) is 0 Å². The molecule has 0 radical (unpaired) electrons. The van der Waals surface area contributed by atoms with Gasteiger partial charge in [0.15, 0.2) is 0 Å². The second kappa shape index (κ2) is 9.29. The van der Waals surface area contributed by atoms with Crippen molar-refractivity contribution < 1.29 is 18.0 Å². The van der Waals surface area contributed by atoms with Crippen molar-refractivity contribution in [3.8, 4) is 0 Å². The molecule has 0 aliphatic carbocycles. The molecule has 0 saturated carbocycles. The van der Waals surface area contributed by atoms with Crippen LogP contribution in [0.25, 0.3) is 0 Å². The SMILES string of the molecule is CCN(C(=O)CC(=O)NCCc1ccc(S(N)(=O)=O)cc1)c1ccccc1. The standard InChI is InChI=1S/C19H23N3O4S/c1-2-22(16-6-4-3-5-7-16)19(24)14-18(23)21-13-12-15-8-10-17(11-9-15)27(20,25)26/h3-11H,2,12-14H2,1H3,(H,21,23)(H2,20,25,26). The van der Waals surface area contributed by atoms with Crippen molar-refractivity contribution in [2.45, 2.75) is 24.7 Å². The molecular weight excluding hydrogens is 366 g/mol. The Hall–Kier alpha value is -2.71. The summed E-state index contributed by atoms with van der Waals surface area (Å²) in [4.78, 5) is 26.0. The van der Waals surface area contributed by atoms with Gasteiger partial charge in [-0.05, 0) is 43.2 Å². The lowest BCUT2D eigenvalue weighted by Crippen LogP contribution is -2.36. The molecule has 144 valence electrons. The minimum absolute atomic E-state index is 0.0430. The molecule has 0 heterocycles. The largest absolute Gasteiger partial charge is 0.355 e. The molecule has 2 amide bonds. The Bertz CT molecular complexity index is 881. The van der Waals surface area contributed by atoms with E-state index in [2.05, 4.69) is 5.32 Å². The quantitative estimate of drug-likeness (QED) is 0.666. The second-order valence-electron chi connectivity index (χ2n) is 5.94. The molecule has 0 unspecified atom stereocenters. The summed E-state index contributed by atoms with van der Waals surface area (Å²) in [5, 5.41) is 7.76. The number of hydrogen-bond acceptors (Lipinski definition) is 4. The number of primary sulfonamides is 1. The average Bonchev–Trinajstić information content (AvgIpc) is 2.63. The Kier molecular flexibility index (Phi) is 7.09. The minimum atomic E-state index is -3.71. The van der Waals surface area contributed by atoms with E-state index in [0.717, 1.165) is 11.3 Å². The third kappa shape index (κ3) is 6.19. The number of carbonyl (C=O) groups excluding carboxylic acids is 2. The molecule has 0 bridgehead atoms.